The Bertz CT molecular complexity index is 1120. The average molecular weight is 446 g/mol. The van der Waals surface area contributed by atoms with Crippen LogP contribution in [0.3, 0.4) is 0 Å². The first-order valence-electron chi connectivity index (χ1n) is 11.8. The molecule has 0 saturated carbocycles. The van der Waals surface area contributed by atoms with Gasteiger partial charge in [0.25, 0.3) is 0 Å². The van der Waals surface area contributed by atoms with Gasteiger partial charge in [-0.2, -0.15) is 0 Å². The van der Waals surface area contributed by atoms with Gasteiger partial charge in [0, 0.05) is 39.2 Å². The number of carbonyl (C=O) groups excluding carboxylic acids is 1. The molecule has 1 saturated heterocycles. The normalized spacial score (nSPS) is 18.6. The molecule has 0 radical (unpaired) electrons. The Balaban J connectivity index is 1.21. The van der Waals surface area contributed by atoms with E-state index >= 15 is 0 Å². The molecule has 1 aromatic heterocycles. The van der Waals surface area contributed by atoms with Gasteiger partial charge in [0.1, 0.15) is 5.82 Å². The van der Waals surface area contributed by atoms with Crippen molar-refractivity contribution < 1.29 is 9.53 Å². The van der Waals surface area contributed by atoms with Crippen molar-refractivity contribution in [2.24, 2.45) is 5.92 Å². The molecule has 7 nitrogen and oxygen atoms in total. The predicted octanol–water partition coefficient (Wildman–Crippen LogP) is 2.96. The standard InChI is InChI=1S/C26H31N5O2/c1-19-5-2-3-8-23(19)21-7-4-6-20(15-21)17-30-11-9-24-28-29-25(31(24)13-12-30)16-27-26(32)22-10-14-33-18-22/h2-8,15,22H,9-14,16-18H2,1H3,(H,27,32)/t22-/m0/s1. The quantitative estimate of drug-likeness (QED) is 0.632. The van der Waals surface area contributed by atoms with Crippen molar-refractivity contribution in [3.05, 3.63) is 71.3 Å². The summed E-state index contributed by atoms with van der Waals surface area (Å²) in [6, 6.07) is 17.4. The highest BCUT2D eigenvalue weighted by molar-refractivity contribution is 5.78. The Morgan fingerprint density at radius 3 is 2.88 bits per heavy atom. The molecule has 2 aromatic carbocycles. The van der Waals surface area contributed by atoms with Crippen molar-refractivity contribution in [2.45, 2.75) is 39.4 Å². The Labute approximate surface area is 194 Å². The van der Waals surface area contributed by atoms with Crippen molar-refractivity contribution in [2.75, 3.05) is 26.3 Å². The minimum atomic E-state index is -0.0394. The zero-order valence-electron chi connectivity index (χ0n) is 19.2. The second-order valence-electron chi connectivity index (χ2n) is 9.00. The molecule has 0 spiro atoms. The van der Waals surface area contributed by atoms with Gasteiger partial charge in [0.05, 0.1) is 19.1 Å². The van der Waals surface area contributed by atoms with Gasteiger partial charge in [-0.15, -0.1) is 10.2 Å². The summed E-state index contributed by atoms with van der Waals surface area (Å²) in [4.78, 5) is 14.8. The number of rotatable bonds is 6. The number of nitrogens with zero attached hydrogens (tertiary/aromatic N) is 4. The monoisotopic (exact) mass is 445 g/mol. The summed E-state index contributed by atoms with van der Waals surface area (Å²) in [7, 11) is 0. The van der Waals surface area contributed by atoms with E-state index in [1.54, 1.807) is 0 Å². The van der Waals surface area contributed by atoms with E-state index < -0.39 is 0 Å². The smallest absolute Gasteiger partial charge is 0.225 e. The molecule has 2 aliphatic heterocycles. The summed E-state index contributed by atoms with van der Waals surface area (Å²) in [5.74, 6) is 1.84. The van der Waals surface area contributed by atoms with Gasteiger partial charge in [-0.3, -0.25) is 9.69 Å². The highest BCUT2D eigenvalue weighted by Crippen LogP contribution is 2.24. The number of aryl methyl sites for hydroxylation is 1. The van der Waals surface area contributed by atoms with Crippen LogP contribution in [0.4, 0.5) is 0 Å². The second-order valence-corrected chi connectivity index (χ2v) is 9.00. The van der Waals surface area contributed by atoms with Crippen LogP contribution >= 0.6 is 0 Å². The molecule has 3 aromatic rings. The van der Waals surface area contributed by atoms with Crippen LogP contribution in [0.2, 0.25) is 0 Å². The largest absolute Gasteiger partial charge is 0.381 e. The maximum absolute atomic E-state index is 12.3. The maximum Gasteiger partial charge on any atom is 0.225 e. The number of fused-ring (bicyclic) bond motifs is 1. The van der Waals surface area contributed by atoms with Crippen LogP contribution in [0.25, 0.3) is 11.1 Å². The summed E-state index contributed by atoms with van der Waals surface area (Å²) in [6.07, 6.45) is 1.65. The third-order valence-electron chi connectivity index (χ3n) is 6.71. The molecule has 0 unspecified atom stereocenters. The first kappa shape index (κ1) is 21.8. The van der Waals surface area contributed by atoms with Crippen molar-refractivity contribution >= 4 is 5.91 Å². The van der Waals surface area contributed by atoms with Crippen LogP contribution in [0, 0.1) is 12.8 Å². The van der Waals surface area contributed by atoms with E-state index in [1.807, 2.05) is 0 Å². The first-order valence-corrected chi connectivity index (χ1v) is 11.8. The third kappa shape index (κ3) is 4.99. The van der Waals surface area contributed by atoms with Gasteiger partial charge in [0.15, 0.2) is 5.82 Å². The maximum atomic E-state index is 12.3. The van der Waals surface area contributed by atoms with Crippen molar-refractivity contribution in [1.82, 2.24) is 25.0 Å². The lowest BCUT2D eigenvalue weighted by Gasteiger charge is -2.20. The van der Waals surface area contributed by atoms with Crippen LogP contribution in [-0.2, 0) is 35.6 Å². The third-order valence-corrected chi connectivity index (χ3v) is 6.71. The van der Waals surface area contributed by atoms with E-state index in [1.165, 1.54) is 22.3 Å². The SMILES string of the molecule is Cc1ccccc1-c1cccc(CN2CCc3nnc(CNC(=O)[C@H]4CCOC4)n3CC2)c1. The van der Waals surface area contributed by atoms with Gasteiger partial charge in [-0.1, -0.05) is 42.5 Å². The molecule has 1 N–H and O–H groups in total. The number of amides is 1. The zero-order valence-corrected chi connectivity index (χ0v) is 19.2. The average Bonchev–Trinajstić information content (AvgIpc) is 3.46. The number of carbonyl (C=O) groups is 1. The van der Waals surface area contributed by atoms with Crippen LogP contribution in [-0.4, -0.2) is 51.9 Å². The fourth-order valence-electron chi connectivity index (χ4n) is 4.76. The van der Waals surface area contributed by atoms with E-state index in [0.29, 0.717) is 19.8 Å². The molecular formula is C26H31N5O2. The summed E-state index contributed by atoms with van der Waals surface area (Å²) in [5.41, 5.74) is 5.17. The lowest BCUT2D eigenvalue weighted by molar-refractivity contribution is -0.125. The summed E-state index contributed by atoms with van der Waals surface area (Å²) < 4.78 is 7.50. The van der Waals surface area contributed by atoms with Gasteiger partial charge in [-0.25, -0.2) is 0 Å². The molecule has 3 heterocycles. The van der Waals surface area contributed by atoms with E-state index in [0.717, 1.165) is 50.7 Å². The number of aromatic nitrogens is 3. The number of hydrogen-bond donors (Lipinski definition) is 1. The molecule has 172 valence electrons. The molecule has 33 heavy (non-hydrogen) atoms. The molecule has 2 aliphatic rings. The molecular weight excluding hydrogens is 414 g/mol. The van der Waals surface area contributed by atoms with E-state index in [9.17, 15) is 4.79 Å². The highest BCUT2D eigenvalue weighted by Gasteiger charge is 2.24. The highest BCUT2D eigenvalue weighted by atomic mass is 16.5. The van der Waals surface area contributed by atoms with Gasteiger partial charge < -0.3 is 14.6 Å². The van der Waals surface area contributed by atoms with Crippen LogP contribution in [0.15, 0.2) is 48.5 Å². The Morgan fingerprint density at radius 2 is 2.03 bits per heavy atom. The summed E-state index contributed by atoms with van der Waals surface area (Å²) in [5, 5.41) is 11.8. The molecule has 0 bridgehead atoms. The van der Waals surface area contributed by atoms with Crippen molar-refractivity contribution in [3.8, 4) is 11.1 Å². The number of ether oxygens (including phenoxy) is 1. The lowest BCUT2D eigenvalue weighted by Crippen LogP contribution is -2.32. The first-order chi connectivity index (χ1) is 16.2. The number of benzene rings is 2. The Morgan fingerprint density at radius 1 is 1.12 bits per heavy atom. The summed E-state index contributed by atoms with van der Waals surface area (Å²) in [6.45, 7) is 7.37. The van der Waals surface area contributed by atoms with Crippen LogP contribution in [0.5, 0.6) is 0 Å². The molecule has 7 heteroatoms. The van der Waals surface area contributed by atoms with E-state index in [-0.39, 0.29) is 11.8 Å². The summed E-state index contributed by atoms with van der Waals surface area (Å²) >= 11 is 0. The lowest BCUT2D eigenvalue weighted by atomic mass is 9.99. The van der Waals surface area contributed by atoms with Gasteiger partial charge in [0.2, 0.25) is 5.91 Å². The molecule has 5 rings (SSSR count). The topological polar surface area (TPSA) is 72.3 Å². The fraction of sp³-hybridized carbons (Fsp3) is 0.423. The van der Waals surface area contributed by atoms with Crippen molar-refractivity contribution in [3.63, 3.8) is 0 Å². The van der Waals surface area contributed by atoms with E-state index in [4.69, 9.17) is 4.74 Å². The molecule has 0 aliphatic carbocycles. The van der Waals surface area contributed by atoms with Gasteiger partial charge >= 0.3 is 0 Å². The zero-order chi connectivity index (χ0) is 22.6. The van der Waals surface area contributed by atoms with Crippen LogP contribution in [0.1, 0.15) is 29.2 Å². The predicted molar refractivity (Wildman–Crippen MR) is 126 cm³/mol. The Kier molecular flexibility index (Phi) is 6.51. The van der Waals surface area contributed by atoms with Crippen LogP contribution < -0.4 is 5.32 Å². The Hall–Kier alpha value is -3.03. The van der Waals surface area contributed by atoms with Gasteiger partial charge in [-0.05, 0) is 41.7 Å². The second kappa shape index (κ2) is 9.85. The van der Waals surface area contributed by atoms with Crippen molar-refractivity contribution in [1.29, 1.82) is 0 Å². The molecule has 1 atom stereocenters. The number of hydrogen-bond acceptors (Lipinski definition) is 5. The minimum Gasteiger partial charge on any atom is -0.381 e. The fourth-order valence-corrected chi connectivity index (χ4v) is 4.76. The molecule has 1 amide bonds. The minimum absolute atomic E-state index is 0.0394. The molecule has 1 fully saturated rings. The van der Waals surface area contributed by atoms with E-state index in [2.05, 4.69) is 80.4 Å². The number of nitrogens with one attached hydrogen (secondary N) is 1.